The number of amides is 1. The number of aromatic carboxylic acids is 1. The summed E-state index contributed by atoms with van der Waals surface area (Å²) in [5, 5.41) is 10.9. The third-order valence-corrected chi connectivity index (χ3v) is 7.33. The number of hydrogen-bond donors (Lipinski definition) is 3. The summed E-state index contributed by atoms with van der Waals surface area (Å²) in [5.74, 6) is 0.599. The van der Waals surface area contributed by atoms with E-state index in [2.05, 4.69) is 21.2 Å². The maximum Gasteiger partial charge on any atom is 0.335 e. The van der Waals surface area contributed by atoms with Gasteiger partial charge < -0.3 is 16.2 Å². The fraction of sp³-hybridized carbons (Fsp3) is 0.231. The molecule has 0 fully saturated rings. The van der Waals surface area contributed by atoms with Crippen molar-refractivity contribution in [3.8, 4) is 0 Å². The van der Waals surface area contributed by atoms with Crippen molar-refractivity contribution in [2.24, 2.45) is 5.73 Å². The molecule has 1 aliphatic rings. The molecule has 0 saturated heterocycles. The average Bonchev–Trinajstić information content (AvgIpc) is 2.93. The lowest BCUT2D eigenvalue weighted by Crippen LogP contribution is -2.36. The Kier molecular flexibility index (Phi) is 11.1. The number of nitrogens with one attached hydrogen (secondary N) is 1. The topological polar surface area (TPSA) is 130 Å². The Labute approximate surface area is 220 Å². The summed E-state index contributed by atoms with van der Waals surface area (Å²) in [7, 11) is -2.30. The van der Waals surface area contributed by atoms with Gasteiger partial charge in [-0.3, -0.25) is 9.10 Å². The van der Waals surface area contributed by atoms with Crippen LogP contribution in [-0.4, -0.2) is 44.8 Å². The summed E-state index contributed by atoms with van der Waals surface area (Å²) in [5.41, 5.74) is 8.57. The average molecular weight is 577 g/mol. The van der Waals surface area contributed by atoms with Gasteiger partial charge in [-0.15, -0.1) is 0 Å². The number of sulfonamides is 1. The second kappa shape index (κ2) is 13.8. The number of carbonyl (C=O) groups excluding carboxylic acids is 1. The predicted octanol–water partition coefficient (Wildman–Crippen LogP) is 4.04. The van der Waals surface area contributed by atoms with Crippen LogP contribution in [0.2, 0.25) is 0 Å². The molecule has 0 atom stereocenters. The number of halogens is 1. The van der Waals surface area contributed by atoms with Crippen molar-refractivity contribution in [3.63, 3.8) is 0 Å². The number of benzene rings is 3. The molecular weight excluding hydrogens is 546 g/mol. The van der Waals surface area contributed by atoms with Crippen molar-refractivity contribution in [1.82, 2.24) is 5.32 Å². The Balaban J connectivity index is 0.000000347. The lowest BCUT2D eigenvalue weighted by atomic mass is 10.0. The summed E-state index contributed by atoms with van der Waals surface area (Å²) in [6, 6.07) is 20.4. The third-order valence-electron chi connectivity index (χ3n) is 5.43. The van der Waals surface area contributed by atoms with Gasteiger partial charge in [-0.25, -0.2) is 13.2 Å². The van der Waals surface area contributed by atoms with Crippen molar-refractivity contribution in [3.05, 3.63) is 95.1 Å². The lowest BCUT2D eigenvalue weighted by Gasteiger charge is -2.31. The molecule has 1 heterocycles. The van der Waals surface area contributed by atoms with Gasteiger partial charge in [-0.2, -0.15) is 0 Å². The molecule has 36 heavy (non-hydrogen) atoms. The molecule has 0 aliphatic carbocycles. The molecule has 0 unspecified atom stereocenters. The van der Waals surface area contributed by atoms with Crippen LogP contribution in [0.15, 0.2) is 77.7 Å². The number of nitrogens with two attached hydrogens (primary N) is 1. The minimum absolute atomic E-state index is 0.0814. The highest BCUT2D eigenvalue weighted by Crippen LogP contribution is 2.33. The largest absolute Gasteiger partial charge is 0.478 e. The van der Waals surface area contributed by atoms with E-state index in [4.69, 9.17) is 10.8 Å². The van der Waals surface area contributed by atoms with Crippen molar-refractivity contribution < 1.29 is 23.1 Å². The zero-order chi connectivity index (χ0) is 26.7. The first-order valence-electron chi connectivity index (χ1n) is 11.1. The number of aryl methyl sites for hydroxylation is 1. The van der Waals surface area contributed by atoms with Gasteiger partial charge in [0.25, 0.3) is 15.9 Å². The van der Waals surface area contributed by atoms with Crippen molar-refractivity contribution in [2.45, 2.75) is 24.3 Å². The number of carbonyl (C=O) groups is 2. The van der Waals surface area contributed by atoms with Gasteiger partial charge in [0.2, 0.25) is 0 Å². The molecule has 0 aromatic heterocycles. The Morgan fingerprint density at radius 3 is 2.22 bits per heavy atom. The molecule has 4 N–H and O–H groups in total. The molecule has 8 nitrogen and oxygen atoms in total. The van der Waals surface area contributed by atoms with Crippen LogP contribution in [-0.2, 0) is 23.0 Å². The Morgan fingerprint density at radius 1 is 1.00 bits per heavy atom. The number of carboxylic acids is 1. The summed E-state index contributed by atoms with van der Waals surface area (Å²) >= 11 is 2.94. The number of anilines is 1. The number of alkyl halides is 1. The van der Waals surface area contributed by atoms with Crippen LogP contribution < -0.4 is 15.4 Å². The molecule has 3 aromatic rings. The van der Waals surface area contributed by atoms with Gasteiger partial charge >= 0.3 is 5.97 Å². The summed E-state index contributed by atoms with van der Waals surface area (Å²) in [4.78, 5) is 22.2. The van der Waals surface area contributed by atoms with Crippen LogP contribution in [0, 0.1) is 0 Å². The van der Waals surface area contributed by atoms with Crippen LogP contribution in [0.4, 0.5) is 5.69 Å². The van der Waals surface area contributed by atoms with E-state index in [1.54, 1.807) is 42.5 Å². The third kappa shape index (κ3) is 6.93. The SMILES string of the molecule is CBr.CNC(=O)c1ccc(CN)c(S(=O)(=O)N2CCCc3ccccc32)c1.O=C(O)c1ccccc1. The maximum atomic E-state index is 13.3. The Bertz CT molecular complexity index is 1280. The highest BCUT2D eigenvalue weighted by molar-refractivity contribution is 9.08. The minimum atomic E-state index is -3.81. The molecule has 192 valence electrons. The normalized spacial score (nSPS) is 12.2. The predicted molar refractivity (Wildman–Crippen MR) is 145 cm³/mol. The molecule has 0 spiro atoms. The lowest BCUT2D eigenvalue weighted by molar-refractivity contribution is 0.0696. The fourth-order valence-corrected chi connectivity index (χ4v) is 5.50. The number of nitrogens with zero attached hydrogens (tertiary/aromatic N) is 1. The van der Waals surface area contributed by atoms with Crippen LogP contribution in [0.3, 0.4) is 0 Å². The molecule has 0 radical (unpaired) electrons. The summed E-state index contributed by atoms with van der Waals surface area (Å²) < 4.78 is 28.1. The standard InChI is InChI=1S/C18H21N3O3S.C7H6O2.CH3Br/c1-20-18(22)14-8-9-15(12-19)17(11-14)25(23,24)21-10-4-6-13-5-2-3-7-16(13)21;8-7(9)6-4-2-1-3-5-6;1-2/h2-3,5,7-9,11H,4,6,10,12,19H2,1H3,(H,20,22);1-5H,(H,8,9);1H3. The van der Waals surface area contributed by atoms with Gasteiger partial charge in [-0.1, -0.05) is 58.4 Å². The van der Waals surface area contributed by atoms with Crippen LogP contribution in [0.25, 0.3) is 0 Å². The second-order valence-electron chi connectivity index (χ2n) is 7.59. The van der Waals surface area contributed by atoms with E-state index < -0.39 is 16.0 Å². The van der Waals surface area contributed by atoms with Gasteiger partial charge in [0, 0.05) is 25.7 Å². The van der Waals surface area contributed by atoms with E-state index in [0.29, 0.717) is 28.9 Å². The smallest absolute Gasteiger partial charge is 0.335 e. The molecule has 3 aromatic carbocycles. The molecule has 10 heteroatoms. The van der Waals surface area contributed by atoms with Crippen LogP contribution in [0.5, 0.6) is 0 Å². The van der Waals surface area contributed by atoms with Crippen molar-refractivity contribution in [2.75, 3.05) is 23.7 Å². The second-order valence-corrected chi connectivity index (χ2v) is 9.42. The highest BCUT2D eigenvalue weighted by atomic mass is 79.9. The van der Waals surface area contributed by atoms with Crippen LogP contribution >= 0.6 is 15.9 Å². The Morgan fingerprint density at radius 2 is 1.64 bits per heavy atom. The number of para-hydroxylation sites is 1. The Hall–Kier alpha value is -3.21. The molecule has 1 aliphatic heterocycles. The summed E-state index contributed by atoms with van der Waals surface area (Å²) in [6.45, 7) is 0.492. The first-order chi connectivity index (χ1) is 17.3. The van der Waals surface area contributed by atoms with Gasteiger partial charge in [-0.05, 0) is 60.1 Å². The first kappa shape index (κ1) is 29.0. The van der Waals surface area contributed by atoms with Gasteiger partial charge in [0.15, 0.2) is 0 Å². The van der Waals surface area contributed by atoms with E-state index in [-0.39, 0.29) is 17.3 Å². The van der Waals surface area contributed by atoms with Gasteiger partial charge in [0.1, 0.15) is 0 Å². The number of fused-ring (bicyclic) bond motifs is 1. The molecule has 4 rings (SSSR count). The monoisotopic (exact) mass is 575 g/mol. The van der Waals surface area contributed by atoms with E-state index in [9.17, 15) is 18.0 Å². The van der Waals surface area contributed by atoms with Crippen LogP contribution in [0.1, 0.15) is 38.3 Å². The fourth-order valence-electron chi connectivity index (χ4n) is 3.70. The molecular formula is C26H30BrN3O5S. The molecule has 0 bridgehead atoms. The van der Waals surface area contributed by atoms with E-state index in [0.717, 1.165) is 18.4 Å². The maximum absolute atomic E-state index is 13.3. The summed E-state index contributed by atoms with van der Waals surface area (Å²) in [6.07, 6.45) is 1.60. The minimum Gasteiger partial charge on any atom is -0.478 e. The number of rotatable bonds is 5. The van der Waals surface area contributed by atoms with Gasteiger partial charge in [0.05, 0.1) is 16.1 Å². The number of carboxylic acid groups (broad SMARTS) is 1. The quantitative estimate of drug-likeness (QED) is 0.393. The first-order valence-corrected chi connectivity index (χ1v) is 14.1. The van der Waals surface area contributed by atoms with E-state index >= 15 is 0 Å². The highest BCUT2D eigenvalue weighted by Gasteiger charge is 2.31. The zero-order valence-corrected chi connectivity index (χ0v) is 22.6. The van der Waals surface area contributed by atoms with E-state index in [1.807, 2.05) is 30.1 Å². The van der Waals surface area contributed by atoms with E-state index in [1.165, 1.54) is 17.4 Å². The van der Waals surface area contributed by atoms with Crippen molar-refractivity contribution >= 4 is 43.5 Å². The molecule has 1 amide bonds. The molecule has 0 saturated carbocycles. The zero-order valence-electron chi connectivity index (χ0n) is 20.1. The van der Waals surface area contributed by atoms with Crippen molar-refractivity contribution in [1.29, 1.82) is 0 Å². The number of hydrogen-bond acceptors (Lipinski definition) is 5.